The molecule has 0 amide bonds. The molecular formula is C23H35BrN4O7. The Bertz CT molecular complexity index is 1070. The monoisotopic (exact) mass is 558 g/mol. The molecule has 0 bridgehead atoms. The molecular weight excluding hydrogens is 524 g/mol. The lowest BCUT2D eigenvalue weighted by molar-refractivity contribution is -0.163. The molecule has 1 saturated heterocycles. The molecule has 1 aromatic heterocycles. The van der Waals surface area contributed by atoms with Crippen LogP contribution in [0, 0.1) is 11.8 Å². The standard InChI is InChI=1S/C23H35BrN4O7/c1-5-11(3)15(25)17(29)18(30)20-23(34,19(31)16(26)12(4)6-2)9-14(35-20)28-10-13(7-8-24)21(32)27-22(28)33/h7-8,10-12,14-16,18,20,30,34H,5-6,9,25-26H2,1-4H3,(H,27,32,33)/b8-7+/t11-,12-,14+,15-,16-,18?,20+,23+/m0/s1. The van der Waals surface area contributed by atoms with Gasteiger partial charge in [-0.3, -0.25) is 23.9 Å². The van der Waals surface area contributed by atoms with Crippen LogP contribution in [0.3, 0.4) is 0 Å². The average molecular weight is 559 g/mol. The lowest BCUT2D eigenvalue weighted by atomic mass is 9.78. The smallest absolute Gasteiger partial charge is 0.330 e. The summed E-state index contributed by atoms with van der Waals surface area (Å²) in [6.07, 6.45) is -1.76. The number of carbonyl (C=O) groups excluding carboxylic acids is 2. The predicted octanol–water partition coefficient (Wildman–Crippen LogP) is 0.167. The average Bonchev–Trinajstić information content (AvgIpc) is 3.20. The number of ether oxygens (including phenoxy) is 1. The number of aromatic amines is 1. The van der Waals surface area contributed by atoms with Crippen LogP contribution in [0.25, 0.3) is 6.08 Å². The lowest BCUT2D eigenvalue weighted by Gasteiger charge is -2.34. The fourth-order valence-electron chi connectivity index (χ4n) is 4.04. The lowest BCUT2D eigenvalue weighted by Crippen LogP contribution is -2.61. The van der Waals surface area contributed by atoms with E-state index in [-0.39, 0.29) is 17.4 Å². The maximum absolute atomic E-state index is 13.4. The van der Waals surface area contributed by atoms with E-state index < -0.39 is 65.4 Å². The first-order valence-corrected chi connectivity index (χ1v) is 12.5. The van der Waals surface area contributed by atoms with Crippen LogP contribution in [0.4, 0.5) is 0 Å². The number of hydrogen-bond acceptors (Lipinski definition) is 9. The van der Waals surface area contributed by atoms with Gasteiger partial charge in [0.25, 0.3) is 5.56 Å². The van der Waals surface area contributed by atoms with E-state index in [0.29, 0.717) is 12.8 Å². The molecule has 12 heteroatoms. The molecule has 0 saturated carbocycles. The van der Waals surface area contributed by atoms with E-state index in [1.807, 2.05) is 13.8 Å². The second-order valence-corrected chi connectivity index (χ2v) is 9.75. The van der Waals surface area contributed by atoms with Gasteiger partial charge in [-0.25, -0.2) is 4.79 Å². The molecule has 11 nitrogen and oxygen atoms in total. The molecule has 2 heterocycles. The maximum atomic E-state index is 13.4. The van der Waals surface area contributed by atoms with E-state index in [2.05, 4.69) is 20.9 Å². The number of aliphatic hydroxyl groups is 2. The van der Waals surface area contributed by atoms with Crippen molar-refractivity contribution in [1.29, 1.82) is 0 Å². The minimum Gasteiger partial charge on any atom is -0.382 e. The maximum Gasteiger partial charge on any atom is 0.330 e. The van der Waals surface area contributed by atoms with Crippen LogP contribution in [-0.4, -0.2) is 61.2 Å². The molecule has 1 fully saturated rings. The minimum atomic E-state index is -2.39. The normalized spacial score (nSPS) is 26.9. The van der Waals surface area contributed by atoms with Crippen molar-refractivity contribution in [3.05, 3.63) is 37.6 Å². The number of nitrogens with zero attached hydrogens (tertiary/aromatic N) is 1. The predicted molar refractivity (Wildman–Crippen MR) is 134 cm³/mol. The molecule has 0 aliphatic carbocycles. The highest BCUT2D eigenvalue weighted by Crippen LogP contribution is 2.40. The first kappa shape index (κ1) is 29.3. The minimum absolute atomic E-state index is 0.0927. The Kier molecular flexibility index (Phi) is 9.91. The number of carbonyl (C=O) groups is 2. The molecule has 8 atom stereocenters. The van der Waals surface area contributed by atoms with Gasteiger partial charge in [0.15, 0.2) is 17.2 Å². The van der Waals surface area contributed by atoms with Crippen LogP contribution in [0.5, 0.6) is 0 Å². The zero-order valence-electron chi connectivity index (χ0n) is 20.3. The van der Waals surface area contributed by atoms with Crippen LogP contribution >= 0.6 is 15.9 Å². The summed E-state index contributed by atoms with van der Waals surface area (Å²) in [6.45, 7) is 7.14. The first-order chi connectivity index (χ1) is 16.3. The molecule has 1 aromatic rings. The third-order valence-electron chi connectivity index (χ3n) is 6.96. The fraction of sp³-hybridized carbons (Fsp3) is 0.652. The summed E-state index contributed by atoms with van der Waals surface area (Å²) in [4.78, 5) is 54.5. The summed E-state index contributed by atoms with van der Waals surface area (Å²) in [6, 6.07) is -2.17. The van der Waals surface area contributed by atoms with Crippen molar-refractivity contribution in [3.8, 4) is 0 Å². The summed E-state index contributed by atoms with van der Waals surface area (Å²) in [7, 11) is 0. The first-order valence-electron chi connectivity index (χ1n) is 11.6. The second kappa shape index (κ2) is 11.8. The van der Waals surface area contributed by atoms with Gasteiger partial charge >= 0.3 is 5.69 Å². The number of halogens is 1. The second-order valence-electron chi connectivity index (χ2n) is 9.22. The highest BCUT2D eigenvalue weighted by molar-refractivity contribution is 9.11. The van der Waals surface area contributed by atoms with Gasteiger partial charge in [-0.1, -0.05) is 56.5 Å². The van der Waals surface area contributed by atoms with Crippen molar-refractivity contribution in [2.45, 2.75) is 83.1 Å². The Morgan fingerprint density at radius 3 is 2.37 bits per heavy atom. The largest absolute Gasteiger partial charge is 0.382 e. The number of nitrogens with two attached hydrogens (primary N) is 2. The summed E-state index contributed by atoms with van der Waals surface area (Å²) in [5.74, 6) is -2.21. The van der Waals surface area contributed by atoms with Gasteiger partial charge in [0, 0.05) is 12.6 Å². The van der Waals surface area contributed by atoms with Crippen LogP contribution < -0.4 is 22.7 Å². The molecule has 0 radical (unpaired) electrons. The van der Waals surface area contributed by atoms with Crippen molar-refractivity contribution in [2.24, 2.45) is 23.3 Å². The Labute approximate surface area is 211 Å². The summed E-state index contributed by atoms with van der Waals surface area (Å²) < 4.78 is 6.79. The van der Waals surface area contributed by atoms with Gasteiger partial charge in [0.1, 0.15) is 18.4 Å². The number of hydrogen-bond donors (Lipinski definition) is 5. The van der Waals surface area contributed by atoms with Crippen LogP contribution in [0.1, 0.15) is 58.7 Å². The van der Waals surface area contributed by atoms with E-state index >= 15 is 0 Å². The van der Waals surface area contributed by atoms with E-state index in [9.17, 15) is 29.4 Å². The molecule has 1 unspecified atom stereocenters. The van der Waals surface area contributed by atoms with Gasteiger partial charge in [-0.05, 0) is 22.9 Å². The van der Waals surface area contributed by atoms with E-state index in [1.165, 1.54) is 17.3 Å². The van der Waals surface area contributed by atoms with Crippen molar-refractivity contribution in [3.63, 3.8) is 0 Å². The summed E-state index contributed by atoms with van der Waals surface area (Å²) in [5, 5.41) is 22.5. The molecule has 0 aromatic carbocycles. The summed E-state index contributed by atoms with van der Waals surface area (Å²) >= 11 is 3.06. The van der Waals surface area contributed by atoms with E-state index in [0.717, 1.165) is 4.57 Å². The highest BCUT2D eigenvalue weighted by Gasteiger charge is 2.59. The molecule has 1 aliphatic heterocycles. The molecule has 7 N–H and O–H groups in total. The Morgan fingerprint density at radius 2 is 1.83 bits per heavy atom. The third-order valence-corrected chi connectivity index (χ3v) is 7.22. The van der Waals surface area contributed by atoms with Gasteiger partial charge in [0.05, 0.1) is 17.6 Å². The topological polar surface area (TPSA) is 191 Å². The Hall–Kier alpha value is -1.96. The number of aromatic nitrogens is 2. The third kappa shape index (κ3) is 5.89. The van der Waals surface area contributed by atoms with Crippen molar-refractivity contribution >= 4 is 33.6 Å². The van der Waals surface area contributed by atoms with Crippen LogP contribution in [0.15, 0.2) is 20.8 Å². The number of ketones is 2. The highest BCUT2D eigenvalue weighted by atomic mass is 79.9. The van der Waals surface area contributed by atoms with Gasteiger partial charge < -0.3 is 26.4 Å². The fourth-order valence-corrected chi connectivity index (χ4v) is 4.32. The van der Waals surface area contributed by atoms with Crippen molar-refractivity contribution in [1.82, 2.24) is 9.55 Å². The zero-order chi connectivity index (χ0) is 26.7. The van der Waals surface area contributed by atoms with Gasteiger partial charge in [-0.2, -0.15) is 0 Å². The number of Topliss-reactive ketones (excluding diaryl/α,β-unsaturated/α-hetero) is 2. The Morgan fingerprint density at radius 1 is 1.26 bits per heavy atom. The zero-order valence-corrected chi connectivity index (χ0v) is 21.9. The quantitative estimate of drug-likeness (QED) is 0.251. The Balaban J connectivity index is 2.57. The molecule has 0 spiro atoms. The van der Waals surface area contributed by atoms with Crippen LogP contribution in [0.2, 0.25) is 0 Å². The van der Waals surface area contributed by atoms with E-state index in [4.69, 9.17) is 16.2 Å². The molecule has 2 rings (SSSR count). The molecule has 35 heavy (non-hydrogen) atoms. The van der Waals surface area contributed by atoms with Crippen molar-refractivity contribution < 1.29 is 24.5 Å². The van der Waals surface area contributed by atoms with Gasteiger partial charge in [0.2, 0.25) is 0 Å². The van der Waals surface area contributed by atoms with E-state index in [1.54, 1.807) is 13.8 Å². The number of nitrogens with one attached hydrogen (secondary N) is 1. The van der Waals surface area contributed by atoms with Crippen molar-refractivity contribution in [2.75, 3.05) is 0 Å². The SMILES string of the molecule is CC[C@H](C)[C@H](N)C(=O)C(O)[C@H]1O[C@@H](n2cc(/C=C/Br)c(=O)[nH]c2=O)C[C@@]1(O)C(=O)[C@@H](N)[C@@H](C)CC. The molecule has 196 valence electrons. The number of H-pyrrole nitrogens is 1. The summed E-state index contributed by atoms with van der Waals surface area (Å²) in [5.41, 5.74) is 8.32. The molecule has 1 aliphatic rings. The number of aliphatic hydroxyl groups excluding tert-OH is 1. The van der Waals surface area contributed by atoms with Gasteiger partial charge in [-0.15, -0.1) is 0 Å². The van der Waals surface area contributed by atoms with Crippen LogP contribution in [-0.2, 0) is 14.3 Å². The number of rotatable bonds is 11.